The summed E-state index contributed by atoms with van der Waals surface area (Å²) < 4.78 is 11.7. The molecule has 20 heavy (non-hydrogen) atoms. The Hall–Kier alpha value is -2.50. The van der Waals surface area contributed by atoms with E-state index in [1.165, 1.54) is 6.07 Å². The van der Waals surface area contributed by atoms with Crippen LogP contribution in [0.2, 0.25) is 0 Å². The number of hydrogen-bond acceptors (Lipinski definition) is 6. The van der Waals surface area contributed by atoms with Gasteiger partial charge in [0.1, 0.15) is 11.4 Å². The summed E-state index contributed by atoms with van der Waals surface area (Å²) in [4.78, 5) is 7.80. The highest BCUT2D eigenvalue weighted by Gasteiger charge is 2.32. The fourth-order valence-electron chi connectivity index (χ4n) is 2.29. The van der Waals surface area contributed by atoms with Gasteiger partial charge in [0.25, 0.3) is 0 Å². The van der Waals surface area contributed by atoms with E-state index in [1.54, 1.807) is 0 Å². The predicted molar refractivity (Wildman–Crippen MR) is 75.8 cm³/mol. The first-order valence-corrected chi connectivity index (χ1v) is 6.32. The van der Waals surface area contributed by atoms with E-state index >= 15 is 0 Å². The number of aromatic nitrogens is 2. The summed E-state index contributed by atoms with van der Waals surface area (Å²) >= 11 is 0. The number of nitrogen functional groups attached to an aromatic ring is 2. The van der Waals surface area contributed by atoms with Crippen LogP contribution in [0.4, 0.5) is 11.8 Å². The second-order valence-corrected chi connectivity index (χ2v) is 5.37. The van der Waals surface area contributed by atoms with Gasteiger partial charge in [-0.25, -0.2) is 0 Å². The molecule has 0 aliphatic carbocycles. The second-order valence-electron chi connectivity index (χ2n) is 5.37. The fourth-order valence-corrected chi connectivity index (χ4v) is 2.29. The predicted octanol–water partition coefficient (Wildman–Crippen LogP) is 2.15. The highest BCUT2D eigenvalue weighted by atomic mass is 16.5. The molecule has 6 heteroatoms. The van der Waals surface area contributed by atoms with E-state index in [0.29, 0.717) is 11.6 Å². The molecule has 1 aliphatic heterocycles. The molecule has 0 radical (unpaired) electrons. The molecule has 1 aromatic carbocycles. The SMILES string of the molecule is CC1(C)Cc2cccc(Oc3cc(N)nc(N)n3)c2O1. The Morgan fingerprint density at radius 2 is 2.05 bits per heavy atom. The zero-order valence-corrected chi connectivity index (χ0v) is 11.4. The minimum Gasteiger partial charge on any atom is -0.483 e. The van der Waals surface area contributed by atoms with E-state index in [0.717, 1.165) is 17.7 Å². The highest BCUT2D eigenvalue weighted by molar-refractivity contribution is 5.52. The normalized spacial score (nSPS) is 15.5. The quantitative estimate of drug-likeness (QED) is 0.869. The minimum absolute atomic E-state index is 0.0776. The van der Waals surface area contributed by atoms with Crippen LogP contribution in [0.3, 0.4) is 0 Å². The molecule has 1 aromatic heterocycles. The van der Waals surface area contributed by atoms with Crippen LogP contribution in [-0.4, -0.2) is 15.6 Å². The van der Waals surface area contributed by atoms with Gasteiger partial charge in [-0.15, -0.1) is 0 Å². The Morgan fingerprint density at radius 1 is 1.25 bits per heavy atom. The van der Waals surface area contributed by atoms with Gasteiger partial charge in [0.15, 0.2) is 11.5 Å². The number of nitrogens with zero attached hydrogens (tertiary/aromatic N) is 2. The lowest BCUT2D eigenvalue weighted by Crippen LogP contribution is -2.24. The Kier molecular flexibility index (Phi) is 2.67. The first-order valence-electron chi connectivity index (χ1n) is 6.32. The summed E-state index contributed by atoms with van der Waals surface area (Å²) in [5.41, 5.74) is 12.1. The number of benzene rings is 1. The number of ether oxygens (including phenoxy) is 2. The van der Waals surface area contributed by atoms with E-state index in [4.69, 9.17) is 20.9 Å². The van der Waals surface area contributed by atoms with Crippen LogP contribution in [0, 0.1) is 0 Å². The summed E-state index contributed by atoms with van der Waals surface area (Å²) in [5, 5.41) is 0. The van der Waals surface area contributed by atoms with Crippen molar-refractivity contribution in [3.63, 3.8) is 0 Å². The molecule has 6 nitrogen and oxygen atoms in total. The molecular weight excluding hydrogens is 256 g/mol. The maximum atomic E-state index is 5.93. The first-order chi connectivity index (χ1) is 9.43. The first kappa shape index (κ1) is 12.5. The van der Waals surface area contributed by atoms with Crippen molar-refractivity contribution in [1.29, 1.82) is 0 Å². The van der Waals surface area contributed by atoms with Crippen LogP contribution < -0.4 is 20.9 Å². The van der Waals surface area contributed by atoms with E-state index in [2.05, 4.69) is 9.97 Å². The van der Waals surface area contributed by atoms with Gasteiger partial charge in [-0.1, -0.05) is 12.1 Å². The zero-order valence-electron chi connectivity index (χ0n) is 11.4. The second kappa shape index (κ2) is 4.26. The molecule has 0 fully saturated rings. The zero-order chi connectivity index (χ0) is 14.3. The Bertz CT molecular complexity index is 650. The average Bonchev–Trinajstić information content (AvgIpc) is 2.63. The lowest BCUT2D eigenvalue weighted by molar-refractivity contribution is 0.135. The van der Waals surface area contributed by atoms with Crippen molar-refractivity contribution >= 4 is 11.8 Å². The van der Waals surface area contributed by atoms with Gasteiger partial charge in [-0.2, -0.15) is 9.97 Å². The van der Waals surface area contributed by atoms with Crippen molar-refractivity contribution in [2.24, 2.45) is 0 Å². The number of para-hydroxylation sites is 1. The summed E-state index contributed by atoms with van der Waals surface area (Å²) in [6, 6.07) is 7.30. The molecule has 0 saturated heterocycles. The van der Waals surface area contributed by atoms with Crippen molar-refractivity contribution in [1.82, 2.24) is 9.97 Å². The molecule has 0 bridgehead atoms. The molecule has 0 atom stereocenters. The lowest BCUT2D eigenvalue weighted by atomic mass is 10.0. The number of fused-ring (bicyclic) bond motifs is 1. The van der Waals surface area contributed by atoms with Gasteiger partial charge in [0.2, 0.25) is 11.8 Å². The van der Waals surface area contributed by atoms with Crippen LogP contribution in [0.5, 0.6) is 17.4 Å². The molecule has 1 aliphatic rings. The average molecular weight is 272 g/mol. The molecule has 2 heterocycles. The van der Waals surface area contributed by atoms with Gasteiger partial charge in [0, 0.05) is 18.1 Å². The van der Waals surface area contributed by atoms with Crippen molar-refractivity contribution in [3.8, 4) is 17.4 Å². The minimum atomic E-state index is -0.231. The molecule has 4 N–H and O–H groups in total. The molecule has 0 saturated carbocycles. The number of anilines is 2. The van der Waals surface area contributed by atoms with Gasteiger partial charge in [-0.05, 0) is 19.9 Å². The number of rotatable bonds is 2. The third kappa shape index (κ3) is 2.32. The van der Waals surface area contributed by atoms with Crippen LogP contribution in [0.15, 0.2) is 24.3 Å². The van der Waals surface area contributed by atoms with Gasteiger partial charge < -0.3 is 20.9 Å². The lowest BCUT2D eigenvalue weighted by Gasteiger charge is -2.18. The molecule has 3 rings (SSSR count). The molecule has 104 valence electrons. The summed E-state index contributed by atoms with van der Waals surface area (Å²) in [5.74, 6) is 1.99. The molecular formula is C14H16N4O2. The van der Waals surface area contributed by atoms with Gasteiger partial charge in [0.05, 0.1) is 0 Å². The molecule has 0 unspecified atom stereocenters. The largest absolute Gasteiger partial charge is 0.483 e. The van der Waals surface area contributed by atoms with Crippen LogP contribution in [0.25, 0.3) is 0 Å². The smallest absolute Gasteiger partial charge is 0.226 e. The summed E-state index contributed by atoms with van der Waals surface area (Å²) in [7, 11) is 0. The van der Waals surface area contributed by atoms with Crippen LogP contribution in [-0.2, 0) is 6.42 Å². The highest BCUT2D eigenvalue weighted by Crippen LogP contribution is 2.43. The fraction of sp³-hybridized carbons (Fsp3) is 0.286. The number of nitrogens with two attached hydrogens (primary N) is 2. The Balaban J connectivity index is 1.95. The van der Waals surface area contributed by atoms with Crippen molar-refractivity contribution in [2.45, 2.75) is 25.9 Å². The van der Waals surface area contributed by atoms with E-state index in [-0.39, 0.29) is 17.4 Å². The monoisotopic (exact) mass is 272 g/mol. The van der Waals surface area contributed by atoms with E-state index in [9.17, 15) is 0 Å². The number of hydrogen-bond donors (Lipinski definition) is 2. The Morgan fingerprint density at radius 3 is 2.80 bits per heavy atom. The standard InChI is InChI=1S/C14H16N4O2/c1-14(2)7-8-4-3-5-9(12(8)20-14)19-11-6-10(15)17-13(16)18-11/h3-6H,7H2,1-2H3,(H4,15,16,17,18). The van der Waals surface area contributed by atoms with Gasteiger partial charge in [-0.3, -0.25) is 0 Å². The summed E-state index contributed by atoms with van der Waals surface area (Å²) in [6.07, 6.45) is 0.841. The van der Waals surface area contributed by atoms with Crippen molar-refractivity contribution < 1.29 is 9.47 Å². The van der Waals surface area contributed by atoms with Crippen LogP contribution >= 0.6 is 0 Å². The molecule has 0 amide bonds. The molecule has 0 spiro atoms. The topological polar surface area (TPSA) is 96.3 Å². The van der Waals surface area contributed by atoms with Crippen molar-refractivity contribution in [2.75, 3.05) is 11.5 Å². The third-order valence-electron chi connectivity index (χ3n) is 3.01. The maximum Gasteiger partial charge on any atom is 0.226 e. The third-order valence-corrected chi connectivity index (χ3v) is 3.01. The van der Waals surface area contributed by atoms with Crippen LogP contribution in [0.1, 0.15) is 19.4 Å². The van der Waals surface area contributed by atoms with Crippen molar-refractivity contribution in [3.05, 3.63) is 29.8 Å². The van der Waals surface area contributed by atoms with Gasteiger partial charge >= 0.3 is 0 Å². The maximum absolute atomic E-state index is 5.93. The van der Waals surface area contributed by atoms with E-state index in [1.807, 2.05) is 32.0 Å². The Labute approximate surface area is 116 Å². The summed E-state index contributed by atoms with van der Waals surface area (Å²) in [6.45, 7) is 4.08. The van der Waals surface area contributed by atoms with E-state index < -0.39 is 0 Å². The molecule has 2 aromatic rings.